The summed E-state index contributed by atoms with van der Waals surface area (Å²) in [6, 6.07) is 10.9. The molecule has 31 heavy (non-hydrogen) atoms. The molecule has 0 atom stereocenters. The highest BCUT2D eigenvalue weighted by Gasteiger charge is 2.32. The van der Waals surface area contributed by atoms with Crippen LogP contribution in [-0.2, 0) is 21.2 Å². The van der Waals surface area contributed by atoms with Crippen LogP contribution in [0.3, 0.4) is 0 Å². The van der Waals surface area contributed by atoms with Gasteiger partial charge in [0.15, 0.2) is 11.5 Å². The largest absolute Gasteiger partial charge is 0.486 e. The van der Waals surface area contributed by atoms with E-state index in [1.54, 1.807) is 12.1 Å². The van der Waals surface area contributed by atoms with Crippen molar-refractivity contribution in [1.29, 1.82) is 0 Å². The fraction of sp³-hybridized carbons (Fsp3) is 0.409. The summed E-state index contributed by atoms with van der Waals surface area (Å²) in [5, 5.41) is 2.88. The smallest absolute Gasteiger partial charge is 0.243 e. The van der Waals surface area contributed by atoms with Gasteiger partial charge in [0.1, 0.15) is 19.0 Å². The maximum absolute atomic E-state index is 13.2. The Kier molecular flexibility index (Phi) is 6.43. The van der Waals surface area contributed by atoms with Crippen molar-refractivity contribution in [3.05, 3.63) is 53.8 Å². The van der Waals surface area contributed by atoms with E-state index in [0.717, 1.165) is 5.56 Å². The van der Waals surface area contributed by atoms with Crippen LogP contribution in [0.4, 0.5) is 4.39 Å². The fourth-order valence-electron chi connectivity index (χ4n) is 3.86. The maximum Gasteiger partial charge on any atom is 0.243 e. The number of hydrogen-bond donors (Lipinski definition) is 1. The van der Waals surface area contributed by atoms with Gasteiger partial charge in [0.2, 0.25) is 15.9 Å². The van der Waals surface area contributed by atoms with Gasteiger partial charge in [-0.3, -0.25) is 4.79 Å². The Bertz CT molecular complexity index is 1050. The highest BCUT2D eigenvalue weighted by molar-refractivity contribution is 7.89. The molecule has 0 saturated carbocycles. The van der Waals surface area contributed by atoms with Gasteiger partial charge in [0, 0.05) is 31.6 Å². The summed E-state index contributed by atoms with van der Waals surface area (Å²) in [5.74, 6) is 0.348. The van der Waals surface area contributed by atoms with Crippen molar-refractivity contribution in [1.82, 2.24) is 9.62 Å². The lowest BCUT2D eigenvalue weighted by Gasteiger charge is -2.30. The number of sulfonamides is 1. The van der Waals surface area contributed by atoms with E-state index < -0.39 is 10.0 Å². The molecule has 7 nitrogen and oxygen atoms in total. The molecule has 2 aliphatic heterocycles. The van der Waals surface area contributed by atoms with Crippen molar-refractivity contribution in [2.24, 2.45) is 5.92 Å². The lowest BCUT2D eigenvalue weighted by Crippen LogP contribution is -2.43. The molecule has 0 spiro atoms. The second-order valence-electron chi connectivity index (χ2n) is 7.65. The van der Waals surface area contributed by atoms with E-state index in [0.29, 0.717) is 50.5 Å². The number of benzene rings is 2. The summed E-state index contributed by atoms with van der Waals surface area (Å²) >= 11 is 0. The van der Waals surface area contributed by atoms with E-state index in [2.05, 4.69) is 5.32 Å². The lowest BCUT2D eigenvalue weighted by molar-refractivity contribution is -0.126. The van der Waals surface area contributed by atoms with Crippen LogP contribution in [-0.4, -0.2) is 51.5 Å². The quantitative estimate of drug-likeness (QED) is 0.733. The van der Waals surface area contributed by atoms with Gasteiger partial charge in [-0.05, 0) is 49.1 Å². The Morgan fingerprint density at radius 3 is 2.55 bits per heavy atom. The molecule has 9 heteroatoms. The van der Waals surface area contributed by atoms with Crippen LogP contribution >= 0.6 is 0 Å². The highest BCUT2D eigenvalue weighted by Crippen LogP contribution is 2.34. The molecule has 0 aromatic heterocycles. The molecule has 0 bridgehead atoms. The number of rotatable bonds is 6. The zero-order valence-corrected chi connectivity index (χ0v) is 17.9. The third-order valence-electron chi connectivity index (χ3n) is 5.58. The highest BCUT2D eigenvalue weighted by atomic mass is 32.2. The van der Waals surface area contributed by atoms with E-state index in [1.165, 1.54) is 28.6 Å². The number of halogens is 1. The van der Waals surface area contributed by atoms with Crippen molar-refractivity contribution < 1.29 is 27.1 Å². The molecule has 1 fully saturated rings. The monoisotopic (exact) mass is 448 g/mol. The normalized spacial score (nSPS) is 17.3. The van der Waals surface area contributed by atoms with Crippen molar-refractivity contribution >= 4 is 15.9 Å². The van der Waals surface area contributed by atoms with Crippen LogP contribution in [0, 0.1) is 11.7 Å². The third-order valence-corrected chi connectivity index (χ3v) is 7.47. The first-order chi connectivity index (χ1) is 14.9. The number of ether oxygens (including phenoxy) is 2. The van der Waals surface area contributed by atoms with Crippen LogP contribution < -0.4 is 14.8 Å². The summed E-state index contributed by atoms with van der Waals surface area (Å²) < 4.78 is 51.6. The number of piperidine rings is 1. The van der Waals surface area contributed by atoms with Crippen LogP contribution in [0.15, 0.2) is 47.4 Å². The van der Waals surface area contributed by atoms with Gasteiger partial charge in [-0.25, -0.2) is 12.8 Å². The van der Waals surface area contributed by atoms with E-state index in [4.69, 9.17) is 9.47 Å². The van der Waals surface area contributed by atoms with Gasteiger partial charge in [0.05, 0.1) is 4.90 Å². The molecule has 0 aliphatic carbocycles. The van der Waals surface area contributed by atoms with E-state index in [9.17, 15) is 17.6 Å². The summed E-state index contributed by atoms with van der Waals surface area (Å²) in [6.07, 6.45) is 1.45. The summed E-state index contributed by atoms with van der Waals surface area (Å²) in [4.78, 5) is 12.6. The zero-order valence-electron chi connectivity index (χ0n) is 17.1. The van der Waals surface area contributed by atoms with Gasteiger partial charge in [-0.15, -0.1) is 0 Å². The van der Waals surface area contributed by atoms with Gasteiger partial charge < -0.3 is 14.8 Å². The van der Waals surface area contributed by atoms with Crippen molar-refractivity contribution in [3.63, 3.8) is 0 Å². The van der Waals surface area contributed by atoms with Crippen molar-refractivity contribution in [2.75, 3.05) is 32.8 Å². The third kappa shape index (κ3) is 4.99. The SMILES string of the molecule is O=C(NCCc1cccc(F)c1)C1CCN(S(=O)(=O)c2ccc3c(c2)OCCO3)CC1. The minimum Gasteiger partial charge on any atom is -0.486 e. The van der Waals surface area contributed by atoms with Gasteiger partial charge in [0.25, 0.3) is 0 Å². The average Bonchev–Trinajstić information content (AvgIpc) is 2.79. The van der Waals surface area contributed by atoms with Crippen LogP contribution in [0.5, 0.6) is 11.5 Å². The molecule has 2 aromatic rings. The Morgan fingerprint density at radius 2 is 1.81 bits per heavy atom. The number of carbonyl (C=O) groups excluding carboxylic acids is 1. The zero-order chi connectivity index (χ0) is 21.8. The molecule has 0 unspecified atom stereocenters. The minimum atomic E-state index is -3.67. The molecular weight excluding hydrogens is 423 g/mol. The van der Waals surface area contributed by atoms with Gasteiger partial charge >= 0.3 is 0 Å². The molecule has 166 valence electrons. The molecule has 4 rings (SSSR count). The van der Waals surface area contributed by atoms with Crippen molar-refractivity contribution in [3.8, 4) is 11.5 Å². The molecule has 1 saturated heterocycles. The number of fused-ring (bicyclic) bond motifs is 1. The first-order valence-electron chi connectivity index (χ1n) is 10.4. The number of nitrogens with one attached hydrogen (secondary N) is 1. The van der Waals surface area contributed by atoms with Gasteiger partial charge in [-0.2, -0.15) is 4.31 Å². The van der Waals surface area contributed by atoms with Crippen LogP contribution in [0.25, 0.3) is 0 Å². The molecule has 1 amide bonds. The van der Waals surface area contributed by atoms with Crippen LogP contribution in [0.2, 0.25) is 0 Å². The van der Waals surface area contributed by atoms with E-state index in [-0.39, 0.29) is 35.6 Å². The molecule has 2 aromatic carbocycles. The number of carbonyl (C=O) groups is 1. The second kappa shape index (κ2) is 9.23. The summed E-state index contributed by atoms with van der Waals surface area (Å²) in [5.41, 5.74) is 0.820. The predicted octanol–water partition coefficient (Wildman–Crippen LogP) is 2.36. The number of nitrogens with zero attached hydrogens (tertiary/aromatic N) is 1. The lowest BCUT2D eigenvalue weighted by atomic mass is 9.97. The first kappa shape index (κ1) is 21.6. The first-order valence-corrected chi connectivity index (χ1v) is 11.8. The minimum absolute atomic E-state index is 0.0900. The van der Waals surface area contributed by atoms with E-state index >= 15 is 0 Å². The molecular formula is C22H25FN2O5S. The standard InChI is InChI=1S/C22H25FN2O5S/c23-18-3-1-2-16(14-18)6-9-24-22(26)17-7-10-25(11-8-17)31(27,28)19-4-5-20-21(15-19)30-13-12-29-20/h1-5,14-15,17H,6-13H2,(H,24,26). The molecule has 1 N–H and O–H groups in total. The van der Waals surface area contributed by atoms with E-state index in [1.807, 2.05) is 6.07 Å². The Morgan fingerprint density at radius 1 is 1.06 bits per heavy atom. The average molecular weight is 449 g/mol. The molecule has 2 heterocycles. The predicted molar refractivity (Wildman–Crippen MR) is 112 cm³/mol. The Hall–Kier alpha value is -2.65. The molecule has 0 radical (unpaired) electrons. The molecule has 2 aliphatic rings. The fourth-order valence-corrected chi connectivity index (χ4v) is 5.34. The number of amides is 1. The maximum atomic E-state index is 13.2. The Balaban J connectivity index is 1.30. The van der Waals surface area contributed by atoms with Crippen LogP contribution in [0.1, 0.15) is 18.4 Å². The second-order valence-corrected chi connectivity index (χ2v) is 9.59. The summed E-state index contributed by atoms with van der Waals surface area (Å²) in [6.45, 7) is 1.79. The summed E-state index contributed by atoms with van der Waals surface area (Å²) in [7, 11) is -3.67. The number of hydrogen-bond acceptors (Lipinski definition) is 5. The van der Waals surface area contributed by atoms with Crippen molar-refractivity contribution in [2.45, 2.75) is 24.2 Å². The topological polar surface area (TPSA) is 84.9 Å². The van der Waals surface area contributed by atoms with Gasteiger partial charge in [-0.1, -0.05) is 12.1 Å². The Labute approximate surface area is 181 Å².